The van der Waals surface area contributed by atoms with E-state index in [0.29, 0.717) is 12.8 Å². The highest BCUT2D eigenvalue weighted by atomic mass is 16.5. The molecule has 2 unspecified atom stereocenters. The van der Waals surface area contributed by atoms with Crippen molar-refractivity contribution in [3.63, 3.8) is 0 Å². The van der Waals surface area contributed by atoms with Crippen LogP contribution in [0.2, 0.25) is 0 Å². The molecule has 0 aromatic heterocycles. The van der Waals surface area contributed by atoms with Gasteiger partial charge in [0.05, 0.1) is 17.6 Å². The van der Waals surface area contributed by atoms with Gasteiger partial charge in [-0.25, -0.2) is 0 Å². The Hall–Kier alpha value is -1.35. The number of carboxylic acid groups (broad SMARTS) is 1. The fourth-order valence-corrected chi connectivity index (χ4v) is 5.93. The molecule has 0 saturated heterocycles. The summed E-state index contributed by atoms with van der Waals surface area (Å²) in [6.07, 6.45) is 9.59. The molecule has 0 heterocycles. The Morgan fingerprint density at radius 1 is 1.31 bits per heavy atom. The Labute approximate surface area is 174 Å². The lowest BCUT2D eigenvalue weighted by molar-refractivity contribution is -0.162. The van der Waals surface area contributed by atoms with Crippen LogP contribution in [-0.4, -0.2) is 46.2 Å². The summed E-state index contributed by atoms with van der Waals surface area (Å²) in [6.45, 7) is 2.15. The molecule has 0 aromatic rings. The number of carboxylic acids is 1. The van der Waals surface area contributed by atoms with Gasteiger partial charge >= 0.3 is 5.97 Å². The number of rotatable bonds is 6. The number of hydrogen-bond acceptors (Lipinski definition) is 4. The monoisotopic (exact) mass is 404 g/mol. The van der Waals surface area contributed by atoms with E-state index in [4.69, 9.17) is 9.84 Å². The van der Waals surface area contributed by atoms with Crippen molar-refractivity contribution in [3.8, 4) is 11.8 Å². The molecule has 3 N–H and O–H groups in total. The van der Waals surface area contributed by atoms with Crippen LogP contribution < -0.4 is 0 Å². The predicted molar refractivity (Wildman–Crippen MR) is 111 cm³/mol. The highest BCUT2D eigenvalue weighted by Crippen LogP contribution is 2.60. The molecule has 0 aliphatic heterocycles. The van der Waals surface area contributed by atoms with E-state index in [1.807, 2.05) is 0 Å². The number of fused-ring (bicyclic) bond motifs is 1. The number of methoxy groups -OCH3 is 1. The molecule has 6 atom stereocenters. The van der Waals surface area contributed by atoms with Gasteiger partial charge < -0.3 is 20.1 Å². The Kier molecular flexibility index (Phi) is 7.42. The zero-order valence-corrected chi connectivity index (χ0v) is 17.8. The van der Waals surface area contributed by atoms with Gasteiger partial charge in [-0.05, 0) is 55.9 Å². The van der Waals surface area contributed by atoms with E-state index in [9.17, 15) is 15.0 Å². The molecule has 5 heteroatoms. The van der Waals surface area contributed by atoms with Gasteiger partial charge in [0, 0.05) is 19.4 Å². The maximum absolute atomic E-state index is 10.8. The first-order chi connectivity index (χ1) is 13.9. The molecule has 3 saturated carbocycles. The van der Waals surface area contributed by atoms with Crippen molar-refractivity contribution in [2.24, 2.45) is 23.7 Å². The van der Waals surface area contributed by atoms with Crippen LogP contribution in [0.25, 0.3) is 0 Å². The van der Waals surface area contributed by atoms with Crippen molar-refractivity contribution >= 4 is 5.97 Å². The zero-order valence-electron chi connectivity index (χ0n) is 17.8. The zero-order chi connectivity index (χ0) is 21.0. The maximum atomic E-state index is 10.8. The van der Waals surface area contributed by atoms with E-state index >= 15 is 0 Å². The number of carbonyl (C=O) groups is 1. The number of unbranched alkanes of at least 4 members (excludes halogenated alkanes) is 1. The van der Waals surface area contributed by atoms with Crippen LogP contribution in [-0.2, 0) is 9.53 Å². The van der Waals surface area contributed by atoms with Gasteiger partial charge in [-0.1, -0.05) is 44.1 Å². The molecule has 3 aliphatic rings. The summed E-state index contributed by atoms with van der Waals surface area (Å²) in [5.41, 5.74) is 0.818. The number of aliphatic carboxylic acids is 1. The van der Waals surface area contributed by atoms with Gasteiger partial charge in [0.2, 0.25) is 0 Å². The maximum Gasteiger partial charge on any atom is 0.303 e. The Morgan fingerprint density at radius 2 is 2.03 bits per heavy atom. The SMILES string of the molecule is CO[C@@]12CC[C@H](O)[C@@H](C#CC(O)C3CCCCC3)[C@@H]1C(C)C2=CCCCC(=O)O. The minimum Gasteiger partial charge on any atom is -0.481 e. The van der Waals surface area contributed by atoms with Gasteiger partial charge in [0.15, 0.2) is 0 Å². The van der Waals surface area contributed by atoms with Crippen LogP contribution in [0.4, 0.5) is 0 Å². The molecule has 0 spiro atoms. The highest BCUT2D eigenvalue weighted by Gasteiger charge is 2.62. The van der Waals surface area contributed by atoms with Crippen LogP contribution >= 0.6 is 0 Å². The molecule has 0 amide bonds. The summed E-state index contributed by atoms with van der Waals surface area (Å²) in [7, 11) is 1.73. The molecule has 29 heavy (non-hydrogen) atoms. The third kappa shape index (κ3) is 4.55. The van der Waals surface area contributed by atoms with Crippen molar-refractivity contribution in [1.82, 2.24) is 0 Å². The first kappa shape index (κ1) is 22.3. The lowest BCUT2D eigenvalue weighted by Crippen LogP contribution is -2.64. The average Bonchev–Trinajstić information content (AvgIpc) is 2.72. The van der Waals surface area contributed by atoms with Gasteiger partial charge in [0.25, 0.3) is 0 Å². The van der Waals surface area contributed by atoms with Crippen LogP contribution in [0, 0.1) is 35.5 Å². The van der Waals surface area contributed by atoms with Gasteiger partial charge in [0.1, 0.15) is 6.10 Å². The third-order valence-corrected chi connectivity index (χ3v) is 7.49. The summed E-state index contributed by atoms with van der Waals surface area (Å²) in [5, 5.41) is 30.1. The lowest BCUT2D eigenvalue weighted by Gasteiger charge is -2.61. The minimum absolute atomic E-state index is 0.105. The third-order valence-electron chi connectivity index (χ3n) is 7.49. The molecular weight excluding hydrogens is 368 g/mol. The molecular formula is C24H36O5. The summed E-state index contributed by atoms with van der Waals surface area (Å²) >= 11 is 0. The molecule has 3 rings (SSSR count). The Balaban J connectivity index is 1.72. The van der Waals surface area contributed by atoms with E-state index in [1.165, 1.54) is 12.0 Å². The molecule has 162 valence electrons. The fraction of sp³-hybridized carbons (Fsp3) is 0.792. The highest BCUT2D eigenvalue weighted by molar-refractivity contribution is 5.66. The Bertz CT molecular complexity index is 668. The first-order valence-corrected chi connectivity index (χ1v) is 11.3. The Morgan fingerprint density at radius 3 is 2.69 bits per heavy atom. The number of allylic oxidation sites excluding steroid dienone is 1. The molecule has 5 nitrogen and oxygen atoms in total. The summed E-state index contributed by atoms with van der Waals surface area (Å²) in [5.74, 6) is 5.97. The average molecular weight is 405 g/mol. The van der Waals surface area contributed by atoms with Gasteiger partial charge in [-0.15, -0.1) is 0 Å². The smallest absolute Gasteiger partial charge is 0.303 e. The summed E-state index contributed by atoms with van der Waals surface area (Å²) in [4.78, 5) is 10.8. The lowest BCUT2D eigenvalue weighted by atomic mass is 9.48. The van der Waals surface area contributed by atoms with Gasteiger partial charge in [-0.2, -0.15) is 0 Å². The second-order valence-electron chi connectivity index (χ2n) is 9.12. The van der Waals surface area contributed by atoms with Crippen molar-refractivity contribution in [2.75, 3.05) is 7.11 Å². The quantitative estimate of drug-likeness (QED) is 0.358. The van der Waals surface area contributed by atoms with Crippen LogP contribution in [0.5, 0.6) is 0 Å². The van der Waals surface area contributed by atoms with Gasteiger partial charge in [-0.3, -0.25) is 4.79 Å². The molecule has 3 fully saturated rings. The molecule has 0 bridgehead atoms. The second-order valence-corrected chi connectivity index (χ2v) is 9.12. The van der Waals surface area contributed by atoms with Crippen molar-refractivity contribution < 1.29 is 24.9 Å². The first-order valence-electron chi connectivity index (χ1n) is 11.3. The minimum atomic E-state index is -0.767. The molecule has 0 radical (unpaired) electrons. The van der Waals surface area contributed by atoms with Crippen LogP contribution in [0.15, 0.2) is 11.6 Å². The second kappa shape index (κ2) is 9.64. The van der Waals surface area contributed by atoms with Crippen LogP contribution in [0.3, 0.4) is 0 Å². The van der Waals surface area contributed by atoms with E-state index in [1.54, 1.807) is 7.11 Å². The topological polar surface area (TPSA) is 87.0 Å². The number of aliphatic hydroxyl groups excluding tert-OH is 2. The largest absolute Gasteiger partial charge is 0.481 e. The van der Waals surface area contributed by atoms with E-state index in [0.717, 1.165) is 38.5 Å². The van der Waals surface area contributed by atoms with E-state index in [2.05, 4.69) is 24.8 Å². The number of aliphatic hydroxyl groups is 2. The van der Waals surface area contributed by atoms with Crippen molar-refractivity contribution in [2.45, 2.75) is 88.9 Å². The molecule has 3 aliphatic carbocycles. The number of ether oxygens (including phenoxy) is 1. The van der Waals surface area contributed by atoms with Crippen molar-refractivity contribution in [3.05, 3.63) is 11.6 Å². The fourth-order valence-electron chi connectivity index (χ4n) is 5.93. The van der Waals surface area contributed by atoms with Crippen molar-refractivity contribution in [1.29, 1.82) is 0 Å². The number of hydrogen-bond donors (Lipinski definition) is 3. The predicted octanol–water partition coefficient (Wildman–Crippen LogP) is 3.53. The van der Waals surface area contributed by atoms with E-state index < -0.39 is 23.8 Å². The van der Waals surface area contributed by atoms with E-state index in [-0.39, 0.29) is 30.1 Å². The summed E-state index contributed by atoms with van der Waals surface area (Å²) < 4.78 is 6.01. The summed E-state index contributed by atoms with van der Waals surface area (Å²) in [6, 6.07) is 0. The normalized spacial score (nSPS) is 37.2. The standard InChI is InChI=1S/C24H36O5/c1-16-19(10-6-7-11-22(27)28)24(29-2)15-14-21(26)18(23(16)24)12-13-20(25)17-8-4-3-5-9-17/h10,16-18,20-21,23,25-26H,3-9,11,14-15H2,1-2H3,(H,27,28)/t16?,18-,20?,21+,23+,24-/m1/s1. The molecule has 0 aromatic carbocycles. The van der Waals surface area contributed by atoms with Crippen LogP contribution in [0.1, 0.15) is 71.1 Å².